The predicted molar refractivity (Wildman–Crippen MR) is 96.2 cm³/mol. The lowest BCUT2D eigenvalue weighted by Crippen LogP contribution is -2.26. The van der Waals surface area contributed by atoms with Crippen LogP contribution in [0.15, 0.2) is 48.5 Å². The third-order valence-electron chi connectivity index (χ3n) is 3.69. The number of fused-ring (bicyclic) bond motifs is 1. The van der Waals surface area contributed by atoms with E-state index in [0.717, 1.165) is 20.9 Å². The van der Waals surface area contributed by atoms with Gasteiger partial charge in [0.05, 0.1) is 16.8 Å². The second-order valence-corrected chi connectivity index (χ2v) is 6.79. The first-order valence-corrected chi connectivity index (χ1v) is 8.23. The molecule has 0 saturated heterocycles. The maximum Gasteiger partial charge on any atom is 0.253 e. The van der Waals surface area contributed by atoms with Crippen molar-refractivity contribution >= 4 is 33.1 Å². The minimum atomic E-state index is 0.00885. The van der Waals surface area contributed by atoms with Gasteiger partial charge in [0.1, 0.15) is 5.01 Å². The lowest BCUT2D eigenvalue weighted by molar-refractivity contribution is 0.0785. The molecule has 0 spiro atoms. The van der Waals surface area contributed by atoms with Crippen LogP contribution in [0, 0.1) is 0 Å². The fraction of sp³-hybridized carbons (Fsp3) is 0.222. The Labute approximate surface area is 140 Å². The molecule has 0 bridgehead atoms. The van der Waals surface area contributed by atoms with E-state index in [4.69, 9.17) is 0 Å². The van der Waals surface area contributed by atoms with Crippen LogP contribution in [0.2, 0.25) is 0 Å². The summed E-state index contributed by atoms with van der Waals surface area (Å²) in [5.41, 5.74) is 2.76. The average Bonchev–Trinajstić information content (AvgIpc) is 2.96. The van der Waals surface area contributed by atoms with Crippen molar-refractivity contribution in [3.05, 3.63) is 59.1 Å². The van der Waals surface area contributed by atoms with Crippen LogP contribution >= 0.6 is 11.3 Å². The van der Waals surface area contributed by atoms with Crippen molar-refractivity contribution in [1.82, 2.24) is 9.88 Å². The molecule has 0 unspecified atom stereocenters. The van der Waals surface area contributed by atoms with Crippen molar-refractivity contribution in [3.8, 4) is 0 Å². The summed E-state index contributed by atoms with van der Waals surface area (Å²) in [5.74, 6) is 0.00885. The molecule has 3 aromatic rings. The van der Waals surface area contributed by atoms with E-state index in [-0.39, 0.29) is 5.91 Å². The molecule has 1 heterocycles. The summed E-state index contributed by atoms with van der Waals surface area (Å²) in [6.07, 6.45) is 0. The quantitative estimate of drug-likeness (QED) is 0.735. The highest BCUT2D eigenvalue weighted by atomic mass is 32.1. The number of thiazole rings is 1. The van der Waals surface area contributed by atoms with Crippen molar-refractivity contribution in [2.24, 2.45) is 0 Å². The summed E-state index contributed by atoms with van der Waals surface area (Å²) in [6, 6.07) is 15.7. The number of benzene rings is 2. The number of anilines is 1. The van der Waals surface area contributed by atoms with E-state index in [2.05, 4.69) is 11.1 Å². The van der Waals surface area contributed by atoms with Crippen LogP contribution in [0.25, 0.3) is 10.2 Å². The molecular formula is C18H19N3OS. The molecule has 0 saturated carbocycles. The highest BCUT2D eigenvalue weighted by Crippen LogP contribution is 2.23. The van der Waals surface area contributed by atoms with E-state index in [9.17, 15) is 4.79 Å². The van der Waals surface area contributed by atoms with E-state index in [1.165, 1.54) is 0 Å². The van der Waals surface area contributed by atoms with Gasteiger partial charge in [-0.05, 0) is 36.4 Å². The Hall–Kier alpha value is -2.40. The van der Waals surface area contributed by atoms with Gasteiger partial charge in [0, 0.05) is 32.4 Å². The van der Waals surface area contributed by atoms with E-state index >= 15 is 0 Å². The molecule has 0 fully saturated rings. The van der Waals surface area contributed by atoms with Crippen molar-refractivity contribution < 1.29 is 4.79 Å². The zero-order valence-corrected chi connectivity index (χ0v) is 14.3. The van der Waals surface area contributed by atoms with Gasteiger partial charge < -0.3 is 9.80 Å². The molecule has 1 amide bonds. The minimum Gasteiger partial charge on any atom is -0.378 e. The molecule has 23 heavy (non-hydrogen) atoms. The van der Waals surface area contributed by atoms with Crippen molar-refractivity contribution in [1.29, 1.82) is 0 Å². The number of carbonyl (C=O) groups is 1. The molecule has 5 heteroatoms. The number of para-hydroxylation sites is 1. The number of nitrogens with zero attached hydrogens (tertiary/aromatic N) is 3. The lowest BCUT2D eigenvalue weighted by atomic mass is 10.2. The largest absolute Gasteiger partial charge is 0.378 e. The Bertz CT molecular complexity index is 791. The topological polar surface area (TPSA) is 36.4 Å². The SMILES string of the molecule is CN(Cc1nc2ccccc2s1)C(=O)c1ccc(N(C)C)cc1. The summed E-state index contributed by atoms with van der Waals surface area (Å²) in [6.45, 7) is 0.521. The second kappa shape index (κ2) is 6.38. The van der Waals surface area contributed by atoms with Gasteiger partial charge in [-0.2, -0.15) is 0 Å². The maximum absolute atomic E-state index is 12.5. The Kier molecular flexibility index (Phi) is 4.30. The third-order valence-corrected chi connectivity index (χ3v) is 4.71. The number of rotatable bonds is 4. The molecule has 3 rings (SSSR count). The maximum atomic E-state index is 12.5. The molecule has 0 aliphatic carbocycles. The van der Waals surface area contributed by atoms with Crippen LogP contribution in [-0.2, 0) is 6.54 Å². The zero-order chi connectivity index (χ0) is 16.4. The highest BCUT2D eigenvalue weighted by molar-refractivity contribution is 7.18. The molecule has 0 radical (unpaired) electrons. The van der Waals surface area contributed by atoms with Gasteiger partial charge in [-0.3, -0.25) is 4.79 Å². The summed E-state index contributed by atoms with van der Waals surface area (Å²) in [7, 11) is 5.78. The molecule has 0 aliphatic rings. The number of hydrogen-bond acceptors (Lipinski definition) is 4. The van der Waals surface area contributed by atoms with Crippen LogP contribution in [-0.4, -0.2) is 36.9 Å². The molecule has 0 aliphatic heterocycles. The summed E-state index contributed by atoms with van der Waals surface area (Å²) in [5, 5.41) is 0.951. The minimum absolute atomic E-state index is 0.00885. The standard InChI is InChI=1S/C18H19N3OS/c1-20(2)14-10-8-13(9-11-14)18(22)21(3)12-17-19-15-6-4-5-7-16(15)23-17/h4-11H,12H2,1-3H3. The van der Waals surface area contributed by atoms with Crippen LogP contribution in [0.1, 0.15) is 15.4 Å². The molecule has 118 valence electrons. The average molecular weight is 325 g/mol. The molecule has 0 atom stereocenters. The fourth-order valence-electron chi connectivity index (χ4n) is 2.38. The molecule has 4 nitrogen and oxygen atoms in total. The number of amides is 1. The van der Waals surface area contributed by atoms with E-state index in [0.29, 0.717) is 12.1 Å². The smallest absolute Gasteiger partial charge is 0.253 e. The molecule has 0 N–H and O–H groups in total. The van der Waals surface area contributed by atoms with E-state index < -0.39 is 0 Å². The summed E-state index contributed by atoms with van der Waals surface area (Å²) < 4.78 is 1.15. The molecular weight excluding hydrogens is 306 g/mol. The first-order chi connectivity index (χ1) is 11.0. The van der Waals surface area contributed by atoms with Crippen LogP contribution < -0.4 is 4.90 Å². The normalized spacial score (nSPS) is 10.7. The molecule has 2 aromatic carbocycles. The lowest BCUT2D eigenvalue weighted by Gasteiger charge is -2.17. The van der Waals surface area contributed by atoms with Crippen molar-refractivity contribution in [2.45, 2.75) is 6.54 Å². The van der Waals surface area contributed by atoms with Crippen LogP contribution in [0.5, 0.6) is 0 Å². The van der Waals surface area contributed by atoms with Crippen molar-refractivity contribution in [2.75, 3.05) is 26.0 Å². The number of hydrogen-bond donors (Lipinski definition) is 0. The van der Waals surface area contributed by atoms with Crippen LogP contribution in [0.4, 0.5) is 5.69 Å². The van der Waals surface area contributed by atoms with E-state index in [1.807, 2.05) is 68.5 Å². The van der Waals surface area contributed by atoms with Gasteiger partial charge in [-0.25, -0.2) is 4.98 Å². The number of carbonyl (C=O) groups excluding carboxylic acids is 1. The summed E-state index contributed by atoms with van der Waals surface area (Å²) in [4.78, 5) is 20.8. The Morgan fingerprint density at radius 1 is 1.04 bits per heavy atom. The van der Waals surface area contributed by atoms with Crippen LogP contribution in [0.3, 0.4) is 0 Å². The monoisotopic (exact) mass is 325 g/mol. The highest BCUT2D eigenvalue weighted by Gasteiger charge is 2.14. The van der Waals surface area contributed by atoms with Gasteiger partial charge in [0.2, 0.25) is 0 Å². The Morgan fingerprint density at radius 3 is 2.39 bits per heavy atom. The molecule has 1 aromatic heterocycles. The van der Waals surface area contributed by atoms with Gasteiger partial charge in [0.15, 0.2) is 0 Å². The van der Waals surface area contributed by atoms with Gasteiger partial charge >= 0.3 is 0 Å². The van der Waals surface area contributed by atoms with E-state index in [1.54, 1.807) is 16.2 Å². The first kappa shape index (κ1) is 15.5. The third kappa shape index (κ3) is 3.35. The summed E-state index contributed by atoms with van der Waals surface area (Å²) >= 11 is 1.63. The van der Waals surface area contributed by atoms with Gasteiger partial charge in [-0.1, -0.05) is 12.1 Å². The predicted octanol–water partition coefficient (Wildman–Crippen LogP) is 3.63. The first-order valence-electron chi connectivity index (χ1n) is 7.42. The second-order valence-electron chi connectivity index (χ2n) is 5.68. The zero-order valence-electron chi connectivity index (χ0n) is 13.5. The fourth-order valence-corrected chi connectivity index (χ4v) is 3.41. The van der Waals surface area contributed by atoms with Gasteiger partial charge in [0.25, 0.3) is 5.91 Å². The Balaban J connectivity index is 1.74. The Morgan fingerprint density at radius 2 is 1.74 bits per heavy atom. The number of aromatic nitrogens is 1. The van der Waals surface area contributed by atoms with Crippen molar-refractivity contribution in [3.63, 3.8) is 0 Å². The van der Waals surface area contributed by atoms with Gasteiger partial charge in [-0.15, -0.1) is 11.3 Å².